The van der Waals surface area contributed by atoms with E-state index in [1.165, 1.54) is 0 Å². The summed E-state index contributed by atoms with van der Waals surface area (Å²) in [5, 5.41) is 2.98. The molecule has 0 radical (unpaired) electrons. The number of ether oxygens (including phenoxy) is 1. The Labute approximate surface area is 80.6 Å². The molecule has 0 aliphatic heterocycles. The molecule has 1 N–H and O–H groups in total. The van der Waals surface area contributed by atoms with Gasteiger partial charge in [0, 0.05) is 20.3 Å². The highest BCUT2D eigenvalue weighted by atomic mass is 32.2. The molecule has 0 spiro atoms. The van der Waals surface area contributed by atoms with Crippen molar-refractivity contribution in [2.45, 2.75) is 13.3 Å². The van der Waals surface area contributed by atoms with Gasteiger partial charge in [0.1, 0.15) is 0 Å². The quantitative estimate of drug-likeness (QED) is 0.574. The number of hydrogen-bond donors (Lipinski definition) is 1. The Bertz CT molecular complexity index is 185. The molecule has 4 nitrogen and oxygen atoms in total. The summed E-state index contributed by atoms with van der Waals surface area (Å²) < 4.78 is 27.4. The summed E-state index contributed by atoms with van der Waals surface area (Å²) in [5.41, 5.74) is 0. The maximum atomic E-state index is 11.3. The van der Waals surface area contributed by atoms with Gasteiger partial charge in [-0.1, -0.05) is 6.92 Å². The highest BCUT2D eigenvalue weighted by Gasteiger charge is 2.08. The van der Waals surface area contributed by atoms with E-state index < -0.39 is 9.84 Å². The first kappa shape index (κ1) is 12.9. The van der Waals surface area contributed by atoms with Crippen molar-refractivity contribution < 1.29 is 13.2 Å². The van der Waals surface area contributed by atoms with E-state index in [4.69, 9.17) is 4.74 Å². The van der Waals surface area contributed by atoms with Crippen LogP contribution in [0.3, 0.4) is 0 Å². The van der Waals surface area contributed by atoms with Crippen LogP contribution in [0.1, 0.15) is 13.3 Å². The van der Waals surface area contributed by atoms with Crippen LogP contribution < -0.4 is 5.32 Å². The Morgan fingerprint density at radius 3 is 2.54 bits per heavy atom. The van der Waals surface area contributed by atoms with Crippen LogP contribution >= 0.6 is 0 Å². The first-order chi connectivity index (χ1) is 6.12. The van der Waals surface area contributed by atoms with Gasteiger partial charge in [-0.05, 0) is 13.0 Å². The number of rotatable bonds is 8. The zero-order valence-corrected chi connectivity index (χ0v) is 9.19. The first-order valence-electron chi connectivity index (χ1n) is 4.52. The van der Waals surface area contributed by atoms with E-state index in [2.05, 4.69) is 5.32 Å². The molecule has 0 unspecified atom stereocenters. The van der Waals surface area contributed by atoms with E-state index >= 15 is 0 Å². The molecule has 0 bridgehead atoms. The third-order valence-electron chi connectivity index (χ3n) is 1.64. The summed E-state index contributed by atoms with van der Waals surface area (Å²) in [4.78, 5) is 0. The fourth-order valence-corrected chi connectivity index (χ4v) is 2.15. The van der Waals surface area contributed by atoms with Gasteiger partial charge < -0.3 is 10.1 Å². The summed E-state index contributed by atoms with van der Waals surface area (Å²) in [6, 6.07) is 0. The van der Waals surface area contributed by atoms with Gasteiger partial charge >= 0.3 is 0 Å². The molecule has 13 heavy (non-hydrogen) atoms. The number of nitrogens with one attached hydrogen (secondary N) is 1. The topological polar surface area (TPSA) is 55.4 Å². The number of sulfone groups is 1. The molecule has 0 aromatic heterocycles. The van der Waals surface area contributed by atoms with Crippen molar-refractivity contribution in [3.63, 3.8) is 0 Å². The van der Waals surface area contributed by atoms with Crippen LogP contribution in [0.15, 0.2) is 0 Å². The van der Waals surface area contributed by atoms with Crippen molar-refractivity contribution in [1.29, 1.82) is 0 Å². The lowest BCUT2D eigenvalue weighted by Gasteiger charge is -2.03. The van der Waals surface area contributed by atoms with E-state index in [9.17, 15) is 8.42 Å². The molecule has 0 saturated heterocycles. The van der Waals surface area contributed by atoms with E-state index in [1.807, 2.05) is 6.92 Å². The number of hydrogen-bond acceptors (Lipinski definition) is 4. The summed E-state index contributed by atoms with van der Waals surface area (Å²) >= 11 is 0. The Morgan fingerprint density at radius 2 is 2.00 bits per heavy atom. The largest absolute Gasteiger partial charge is 0.385 e. The van der Waals surface area contributed by atoms with Crippen LogP contribution in [0.25, 0.3) is 0 Å². The van der Waals surface area contributed by atoms with E-state index in [0.717, 1.165) is 6.54 Å². The average Bonchev–Trinajstić information content (AvgIpc) is 2.05. The van der Waals surface area contributed by atoms with Crippen molar-refractivity contribution in [2.75, 3.05) is 38.3 Å². The van der Waals surface area contributed by atoms with Gasteiger partial charge in [0.25, 0.3) is 0 Å². The fraction of sp³-hybridized carbons (Fsp3) is 1.00. The SMILES string of the molecule is CCNCCS(=O)(=O)CCCOC. The second-order valence-electron chi connectivity index (χ2n) is 2.85. The van der Waals surface area contributed by atoms with Gasteiger partial charge in [0.15, 0.2) is 9.84 Å². The molecule has 0 fully saturated rings. The van der Waals surface area contributed by atoms with E-state index in [0.29, 0.717) is 19.6 Å². The molecule has 0 aromatic carbocycles. The molecule has 0 heterocycles. The van der Waals surface area contributed by atoms with Crippen LogP contribution in [-0.4, -0.2) is 46.7 Å². The molecule has 80 valence electrons. The smallest absolute Gasteiger partial charge is 0.151 e. The summed E-state index contributed by atoms with van der Waals surface area (Å²) in [7, 11) is -1.29. The minimum Gasteiger partial charge on any atom is -0.385 e. The molecule has 0 aliphatic rings. The zero-order chi connectivity index (χ0) is 10.2. The van der Waals surface area contributed by atoms with Crippen LogP contribution in [-0.2, 0) is 14.6 Å². The van der Waals surface area contributed by atoms with Crippen molar-refractivity contribution in [3.05, 3.63) is 0 Å². The molecule has 0 saturated carbocycles. The lowest BCUT2D eigenvalue weighted by atomic mass is 10.5. The Hall–Kier alpha value is -0.130. The van der Waals surface area contributed by atoms with Gasteiger partial charge in [-0.15, -0.1) is 0 Å². The maximum absolute atomic E-state index is 11.3. The number of methoxy groups -OCH3 is 1. The molecule has 0 atom stereocenters. The highest BCUT2D eigenvalue weighted by Crippen LogP contribution is 1.93. The van der Waals surface area contributed by atoms with Crippen molar-refractivity contribution in [1.82, 2.24) is 5.32 Å². The molecule has 0 aliphatic carbocycles. The highest BCUT2D eigenvalue weighted by molar-refractivity contribution is 7.91. The van der Waals surface area contributed by atoms with Gasteiger partial charge in [-0.2, -0.15) is 0 Å². The molecular formula is C8H19NO3S. The van der Waals surface area contributed by atoms with Crippen molar-refractivity contribution >= 4 is 9.84 Å². The molecule has 5 heteroatoms. The van der Waals surface area contributed by atoms with Crippen LogP contribution in [0.2, 0.25) is 0 Å². The van der Waals surface area contributed by atoms with E-state index in [1.54, 1.807) is 7.11 Å². The third kappa shape index (κ3) is 8.21. The minimum atomic E-state index is -2.87. The van der Waals surface area contributed by atoms with Gasteiger partial charge in [-0.3, -0.25) is 0 Å². The summed E-state index contributed by atoms with van der Waals surface area (Å²) in [6.07, 6.45) is 0.588. The van der Waals surface area contributed by atoms with Crippen LogP contribution in [0, 0.1) is 0 Å². The standard InChI is InChI=1S/C8H19NO3S/c1-3-9-5-8-13(10,11)7-4-6-12-2/h9H,3-8H2,1-2H3. The minimum absolute atomic E-state index is 0.227. The maximum Gasteiger partial charge on any atom is 0.151 e. The lowest BCUT2D eigenvalue weighted by Crippen LogP contribution is -2.24. The average molecular weight is 209 g/mol. The van der Waals surface area contributed by atoms with Crippen LogP contribution in [0.4, 0.5) is 0 Å². The molecular weight excluding hydrogens is 190 g/mol. The van der Waals surface area contributed by atoms with Crippen molar-refractivity contribution in [3.8, 4) is 0 Å². The lowest BCUT2D eigenvalue weighted by molar-refractivity contribution is 0.199. The molecule has 0 rings (SSSR count). The Balaban J connectivity index is 3.55. The normalized spacial score (nSPS) is 11.8. The third-order valence-corrected chi connectivity index (χ3v) is 3.38. The predicted octanol–water partition coefficient (Wildman–Crippen LogP) is 0.0472. The zero-order valence-electron chi connectivity index (χ0n) is 8.38. The van der Waals surface area contributed by atoms with Crippen molar-refractivity contribution in [2.24, 2.45) is 0 Å². The second-order valence-corrected chi connectivity index (χ2v) is 5.16. The summed E-state index contributed by atoms with van der Waals surface area (Å²) in [5.74, 6) is 0.455. The Morgan fingerprint density at radius 1 is 1.31 bits per heavy atom. The monoisotopic (exact) mass is 209 g/mol. The van der Waals surface area contributed by atoms with Gasteiger partial charge in [0.05, 0.1) is 11.5 Å². The first-order valence-corrected chi connectivity index (χ1v) is 6.34. The molecule has 0 aromatic rings. The fourth-order valence-electron chi connectivity index (χ4n) is 0.930. The van der Waals surface area contributed by atoms with Gasteiger partial charge in [0.2, 0.25) is 0 Å². The Kier molecular flexibility index (Phi) is 7.22. The summed E-state index contributed by atoms with van der Waals surface area (Å²) in [6.45, 7) is 3.83. The second kappa shape index (κ2) is 7.29. The van der Waals surface area contributed by atoms with Gasteiger partial charge in [-0.25, -0.2) is 8.42 Å². The predicted molar refractivity (Wildman–Crippen MR) is 53.7 cm³/mol. The van der Waals surface area contributed by atoms with E-state index in [-0.39, 0.29) is 11.5 Å². The molecule has 0 amide bonds. The van der Waals surface area contributed by atoms with Crippen LogP contribution in [0.5, 0.6) is 0 Å².